The Morgan fingerprint density at radius 1 is 1.27 bits per heavy atom. The number of hydrogen-bond acceptors (Lipinski definition) is 8. The second-order valence-electron chi connectivity index (χ2n) is 10.3. The predicted molar refractivity (Wildman–Crippen MR) is 154 cm³/mol. The number of fused-ring (bicyclic) bond motifs is 2. The van der Waals surface area contributed by atoms with Crippen LogP contribution in [0.1, 0.15) is 24.1 Å². The summed E-state index contributed by atoms with van der Waals surface area (Å²) >= 11 is 0. The molecule has 40 heavy (non-hydrogen) atoms. The number of likely N-dealkylation sites (tertiary alicyclic amines) is 1. The van der Waals surface area contributed by atoms with E-state index in [9.17, 15) is 5.26 Å². The molecule has 0 radical (unpaired) electrons. The summed E-state index contributed by atoms with van der Waals surface area (Å²) in [6.45, 7) is 3.98. The number of ether oxygens (including phenoxy) is 2. The average Bonchev–Trinajstić information content (AvgIpc) is 3.59. The van der Waals surface area contributed by atoms with Crippen LogP contribution in [0, 0.1) is 17.2 Å². The molecule has 1 aromatic carbocycles. The number of pyridine rings is 1. The molecule has 9 nitrogen and oxygen atoms in total. The first-order valence-electron chi connectivity index (χ1n) is 13.7. The molecule has 0 amide bonds. The van der Waals surface area contributed by atoms with Gasteiger partial charge in [-0.05, 0) is 66.8 Å². The van der Waals surface area contributed by atoms with Crippen molar-refractivity contribution in [2.45, 2.75) is 25.0 Å². The number of rotatable bonds is 5. The minimum Gasteiger partial charge on any atom is -0.488 e. The highest BCUT2D eigenvalue weighted by Gasteiger charge is 2.24. The molecule has 2 aliphatic heterocycles. The molecule has 3 N–H and O–H groups in total. The largest absolute Gasteiger partial charge is 0.488 e. The topological polar surface area (TPSA) is 123 Å². The molecule has 9 heteroatoms. The molecule has 6 rings (SSSR count). The van der Waals surface area contributed by atoms with E-state index < -0.39 is 0 Å². The van der Waals surface area contributed by atoms with Crippen molar-refractivity contribution >= 4 is 22.9 Å². The number of aldehydes is 1. The molecule has 0 bridgehead atoms. The molecule has 0 spiro atoms. The zero-order chi connectivity index (χ0) is 27.9. The summed E-state index contributed by atoms with van der Waals surface area (Å²) in [5.74, 6) is 1.06. The first-order chi connectivity index (χ1) is 19.6. The molecular weight excluding hydrogens is 506 g/mol. The number of aliphatic hydroxyl groups is 1. The van der Waals surface area contributed by atoms with E-state index in [1.165, 1.54) is 5.57 Å². The van der Waals surface area contributed by atoms with Gasteiger partial charge in [-0.2, -0.15) is 5.26 Å². The lowest BCUT2D eigenvalue weighted by molar-refractivity contribution is -0.110. The maximum Gasteiger partial charge on any atom is 0.145 e. The third kappa shape index (κ3) is 6.32. The fourth-order valence-electron chi connectivity index (χ4n) is 5.51. The van der Waals surface area contributed by atoms with E-state index >= 15 is 0 Å². The van der Waals surface area contributed by atoms with Crippen LogP contribution < -0.4 is 10.1 Å². The molecule has 2 fully saturated rings. The number of carbonyl (C=O) groups excluding carboxylic acids is 1. The molecule has 3 aliphatic rings. The SMILES string of the molecule is CN1CC[C@@H](Oc2ccc(-c3ccnc4[nH]c(C5=CC6CCOCCNC6C=C5)cc34)cc2C#N)C1.O=CCO. The van der Waals surface area contributed by atoms with Gasteiger partial charge in [-0.1, -0.05) is 24.3 Å². The Morgan fingerprint density at radius 2 is 2.15 bits per heavy atom. The van der Waals surface area contributed by atoms with Crippen LogP contribution in [0.5, 0.6) is 5.75 Å². The lowest BCUT2D eigenvalue weighted by Gasteiger charge is -2.29. The maximum absolute atomic E-state index is 9.85. The molecule has 2 saturated heterocycles. The van der Waals surface area contributed by atoms with Crippen LogP contribution in [-0.4, -0.2) is 84.9 Å². The number of aliphatic hydroxyl groups excluding tert-OH is 1. The molecule has 2 unspecified atom stereocenters. The normalized spacial score (nSPS) is 22.7. The van der Waals surface area contributed by atoms with Gasteiger partial charge in [0, 0.05) is 49.6 Å². The lowest BCUT2D eigenvalue weighted by Crippen LogP contribution is -2.39. The number of aromatic amines is 1. The number of carbonyl (C=O) groups is 1. The van der Waals surface area contributed by atoms with Crippen molar-refractivity contribution in [2.24, 2.45) is 5.92 Å². The minimum atomic E-state index is -0.361. The maximum atomic E-state index is 9.85. The van der Waals surface area contributed by atoms with E-state index in [0.29, 0.717) is 29.6 Å². The lowest BCUT2D eigenvalue weighted by atomic mass is 9.87. The molecule has 4 heterocycles. The third-order valence-corrected chi connectivity index (χ3v) is 7.53. The number of nitriles is 1. The Labute approximate surface area is 234 Å². The Morgan fingerprint density at radius 3 is 2.92 bits per heavy atom. The van der Waals surface area contributed by atoms with Crippen molar-refractivity contribution in [3.8, 4) is 22.9 Å². The van der Waals surface area contributed by atoms with Crippen LogP contribution in [-0.2, 0) is 9.53 Å². The third-order valence-electron chi connectivity index (χ3n) is 7.53. The van der Waals surface area contributed by atoms with Crippen LogP contribution in [0.4, 0.5) is 0 Å². The number of nitrogens with zero attached hydrogens (tertiary/aromatic N) is 3. The average molecular weight is 542 g/mol. The monoisotopic (exact) mass is 541 g/mol. The standard InChI is InChI=1S/C29H31N5O2.C2H4O2/c1-34-11-7-23(18-34)36-28-5-3-19(14-22(28)17-30)24-6-9-32-29-25(24)16-27(33-29)20-2-4-26-21(15-20)8-12-35-13-10-31-26;3-1-2-4/h2-6,9,14-16,21,23,26,31H,7-8,10-13,18H2,1H3,(H,32,33);1,4H,2H2/t21?,23-,26?;/m1./s1. The predicted octanol–water partition coefficient (Wildman–Crippen LogP) is 3.31. The van der Waals surface area contributed by atoms with Crippen molar-refractivity contribution in [3.63, 3.8) is 0 Å². The second kappa shape index (κ2) is 13.0. The smallest absolute Gasteiger partial charge is 0.145 e. The Bertz CT molecular complexity index is 1440. The van der Waals surface area contributed by atoms with E-state index in [4.69, 9.17) is 19.4 Å². The first-order valence-corrected chi connectivity index (χ1v) is 13.7. The summed E-state index contributed by atoms with van der Waals surface area (Å²) in [4.78, 5) is 19.3. The van der Waals surface area contributed by atoms with E-state index in [-0.39, 0.29) is 12.7 Å². The highest BCUT2D eigenvalue weighted by atomic mass is 16.5. The van der Waals surface area contributed by atoms with Crippen LogP contribution >= 0.6 is 0 Å². The van der Waals surface area contributed by atoms with Gasteiger partial charge in [-0.25, -0.2) is 4.98 Å². The van der Waals surface area contributed by atoms with Crippen molar-refractivity contribution in [3.05, 3.63) is 66.0 Å². The van der Waals surface area contributed by atoms with Crippen molar-refractivity contribution in [1.82, 2.24) is 20.2 Å². The summed E-state index contributed by atoms with van der Waals surface area (Å²) in [5.41, 5.74) is 5.65. The van der Waals surface area contributed by atoms with Crippen LogP contribution in [0.3, 0.4) is 0 Å². The Balaban J connectivity index is 0.000000758. The van der Waals surface area contributed by atoms with Gasteiger partial charge in [0.1, 0.15) is 29.9 Å². The number of H-pyrrole nitrogens is 1. The van der Waals surface area contributed by atoms with Crippen LogP contribution in [0.2, 0.25) is 0 Å². The van der Waals surface area contributed by atoms with E-state index in [1.54, 1.807) is 0 Å². The summed E-state index contributed by atoms with van der Waals surface area (Å²) in [6, 6.07) is 12.8. The number of aromatic nitrogens is 2. The van der Waals surface area contributed by atoms with E-state index in [0.717, 1.165) is 73.5 Å². The molecule has 0 saturated carbocycles. The number of allylic oxidation sites excluding steroid dienone is 2. The zero-order valence-electron chi connectivity index (χ0n) is 22.7. The van der Waals surface area contributed by atoms with Gasteiger partial charge >= 0.3 is 0 Å². The molecule has 1 aliphatic carbocycles. The summed E-state index contributed by atoms with van der Waals surface area (Å²) in [6.07, 6.45) is 11.2. The number of likely N-dealkylation sites (N-methyl/N-ethyl adjacent to an activating group) is 1. The van der Waals surface area contributed by atoms with Crippen LogP contribution in [0.15, 0.2) is 54.8 Å². The first kappa shape index (κ1) is 27.7. The highest BCUT2D eigenvalue weighted by molar-refractivity contribution is 5.96. The van der Waals surface area contributed by atoms with Crippen LogP contribution in [0.25, 0.3) is 27.7 Å². The fraction of sp³-hybridized carbons (Fsp3) is 0.387. The number of nitrogens with one attached hydrogen (secondary N) is 2. The zero-order valence-corrected chi connectivity index (χ0v) is 22.7. The van der Waals surface area contributed by atoms with Gasteiger partial charge in [0.15, 0.2) is 0 Å². The van der Waals surface area contributed by atoms with E-state index in [1.807, 2.05) is 30.5 Å². The number of benzene rings is 1. The van der Waals surface area contributed by atoms with Gasteiger partial charge in [0.2, 0.25) is 0 Å². The van der Waals surface area contributed by atoms with Crippen molar-refractivity contribution < 1.29 is 19.4 Å². The van der Waals surface area contributed by atoms with Crippen molar-refractivity contribution in [1.29, 1.82) is 5.26 Å². The van der Waals surface area contributed by atoms with Gasteiger partial charge in [0.05, 0.1) is 18.8 Å². The van der Waals surface area contributed by atoms with Gasteiger partial charge in [-0.15, -0.1) is 0 Å². The van der Waals surface area contributed by atoms with Gasteiger partial charge in [0.25, 0.3) is 0 Å². The highest BCUT2D eigenvalue weighted by Crippen LogP contribution is 2.35. The quantitative estimate of drug-likeness (QED) is 0.421. The molecule has 208 valence electrons. The second-order valence-corrected chi connectivity index (χ2v) is 10.3. The van der Waals surface area contributed by atoms with Gasteiger partial charge in [-0.3, -0.25) is 0 Å². The molecule has 2 aromatic heterocycles. The summed E-state index contributed by atoms with van der Waals surface area (Å²) < 4.78 is 11.9. The Hall–Kier alpha value is -3.81. The summed E-state index contributed by atoms with van der Waals surface area (Å²) in [7, 11) is 2.10. The summed E-state index contributed by atoms with van der Waals surface area (Å²) in [5, 5.41) is 22.0. The molecular formula is C31H35N5O4. The number of hydrogen-bond donors (Lipinski definition) is 3. The molecule has 3 atom stereocenters. The fourth-order valence-corrected chi connectivity index (χ4v) is 5.51. The van der Waals surface area contributed by atoms with Gasteiger partial charge < -0.3 is 34.6 Å². The Kier molecular flexibility index (Phi) is 9.04. The van der Waals surface area contributed by atoms with E-state index in [2.05, 4.69) is 57.6 Å². The molecule has 3 aromatic rings. The van der Waals surface area contributed by atoms with Crippen molar-refractivity contribution in [2.75, 3.05) is 46.5 Å². The minimum absolute atomic E-state index is 0.129.